The first-order valence-corrected chi connectivity index (χ1v) is 9.00. The Morgan fingerprint density at radius 3 is 2.66 bits per heavy atom. The summed E-state index contributed by atoms with van der Waals surface area (Å²) < 4.78 is 16.0. The SMILES string of the molecule is COc1ccc(-c2cc(CNC(=O)c3ccc4ccccc4n3)no2)cc1OC. The minimum absolute atomic E-state index is 0.226. The smallest absolute Gasteiger partial charge is 0.270 e. The lowest BCUT2D eigenvalue weighted by Crippen LogP contribution is -2.23. The van der Waals surface area contributed by atoms with E-state index in [9.17, 15) is 4.79 Å². The largest absolute Gasteiger partial charge is 0.493 e. The number of ether oxygens (including phenoxy) is 2. The van der Waals surface area contributed by atoms with Crippen molar-refractivity contribution in [3.05, 3.63) is 72.1 Å². The number of para-hydroxylation sites is 1. The first kappa shape index (κ1) is 18.5. The monoisotopic (exact) mass is 389 g/mol. The summed E-state index contributed by atoms with van der Waals surface area (Å²) in [5.74, 6) is 1.52. The molecule has 2 aromatic heterocycles. The summed E-state index contributed by atoms with van der Waals surface area (Å²) >= 11 is 0. The maximum absolute atomic E-state index is 12.4. The summed E-state index contributed by atoms with van der Waals surface area (Å²) in [6, 6.07) is 18.5. The Labute approximate surface area is 167 Å². The average molecular weight is 389 g/mol. The van der Waals surface area contributed by atoms with Crippen LogP contribution in [0.25, 0.3) is 22.2 Å². The van der Waals surface area contributed by atoms with Crippen molar-refractivity contribution >= 4 is 16.8 Å². The number of fused-ring (bicyclic) bond motifs is 1. The molecule has 4 rings (SSSR count). The zero-order valence-electron chi connectivity index (χ0n) is 16.0. The molecule has 0 aliphatic rings. The van der Waals surface area contributed by atoms with Gasteiger partial charge < -0.3 is 19.3 Å². The summed E-state index contributed by atoms with van der Waals surface area (Å²) in [5.41, 5.74) is 2.53. The fourth-order valence-corrected chi connectivity index (χ4v) is 2.97. The van der Waals surface area contributed by atoms with E-state index in [2.05, 4.69) is 15.5 Å². The number of amides is 1. The van der Waals surface area contributed by atoms with E-state index in [0.717, 1.165) is 16.5 Å². The Morgan fingerprint density at radius 1 is 1.00 bits per heavy atom. The highest BCUT2D eigenvalue weighted by molar-refractivity contribution is 5.94. The van der Waals surface area contributed by atoms with Crippen LogP contribution in [0.4, 0.5) is 0 Å². The highest BCUT2D eigenvalue weighted by atomic mass is 16.5. The molecule has 0 radical (unpaired) electrons. The lowest BCUT2D eigenvalue weighted by atomic mass is 10.1. The molecule has 29 heavy (non-hydrogen) atoms. The van der Waals surface area contributed by atoms with Crippen LogP contribution in [0.5, 0.6) is 11.5 Å². The minimum Gasteiger partial charge on any atom is -0.493 e. The minimum atomic E-state index is -0.272. The number of hydrogen-bond donors (Lipinski definition) is 1. The van der Waals surface area contributed by atoms with Crippen LogP contribution in [-0.4, -0.2) is 30.3 Å². The fourth-order valence-electron chi connectivity index (χ4n) is 2.97. The van der Waals surface area contributed by atoms with Gasteiger partial charge in [-0.3, -0.25) is 4.79 Å². The van der Waals surface area contributed by atoms with Gasteiger partial charge in [0.1, 0.15) is 11.4 Å². The third kappa shape index (κ3) is 3.89. The molecule has 4 aromatic rings. The van der Waals surface area contributed by atoms with Gasteiger partial charge in [-0.25, -0.2) is 4.98 Å². The molecule has 1 N–H and O–H groups in total. The van der Waals surface area contributed by atoms with Gasteiger partial charge in [0.25, 0.3) is 5.91 Å². The molecule has 0 saturated heterocycles. The molecule has 0 unspecified atom stereocenters. The molecule has 7 heteroatoms. The van der Waals surface area contributed by atoms with Gasteiger partial charge in [-0.15, -0.1) is 0 Å². The van der Waals surface area contributed by atoms with Crippen LogP contribution < -0.4 is 14.8 Å². The van der Waals surface area contributed by atoms with E-state index in [-0.39, 0.29) is 12.5 Å². The number of nitrogens with one attached hydrogen (secondary N) is 1. The number of hydrogen-bond acceptors (Lipinski definition) is 6. The first-order valence-electron chi connectivity index (χ1n) is 9.00. The van der Waals surface area contributed by atoms with Gasteiger partial charge >= 0.3 is 0 Å². The summed E-state index contributed by atoms with van der Waals surface area (Å²) in [5, 5.41) is 7.83. The third-order valence-corrected chi connectivity index (χ3v) is 4.49. The number of rotatable bonds is 6. The lowest BCUT2D eigenvalue weighted by Gasteiger charge is -2.07. The number of nitrogens with zero attached hydrogens (tertiary/aromatic N) is 2. The van der Waals surface area contributed by atoms with Crippen LogP contribution in [-0.2, 0) is 6.54 Å². The standard InChI is InChI=1S/C22H19N3O4/c1-27-19-10-8-15(11-21(19)28-2)20-12-16(25-29-20)13-23-22(26)18-9-7-14-5-3-4-6-17(14)24-18/h3-12H,13H2,1-2H3,(H,23,26). The topological polar surface area (TPSA) is 86.5 Å². The van der Waals surface area contributed by atoms with Crippen molar-refractivity contribution in [2.75, 3.05) is 14.2 Å². The van der Waals surface area contributed by atoms with E-state index >= 15 is 0 Å². The zero-order valence-corrected chi connectivity index (χ0v) is 16.0. The van der Waals surface area contributed by atoms with E-state index in [1.165, 1.54) is 0 Å². The van der Waals surface area contributed by atoms with Crippen LogP contribution in [0, 0.1) is 0 Å². The number of carbonyl (C=O) groups excluding carboxylic acids is 1. The van der Waals surface area contributed by atoms with Crippen molar-refractivity contribution < 1.29 is 18.8 Å². The third-order valence-electron chi connectivity index (χ3n) is 4.49. The molecular weight excluding hydrogens is 370 g/mol. The molecule has 0 atom stereocenters. The molecule has 2 heterocycles. The van der Waals surface area contributed by atoms with Gasteiger partial charge in [-0.1, -0.05) is 29.4 Å². The summed E-state index contributed by atoms with van der Waals surface area (Å²) in [4.78, 5) is 16.8. The van der Waals surface area contributed by atoms with Crippen molar-refractivity contribution in [1.29, 1.82) is 0 Å². The van der Waals surface area contributed by atoms with Crippen LogP contribution in [0.2, 0.25) is 0 Å². The first-order chi connectivity index (χ1) is 14.2. The van der Waals surface area contributed by atoms with Gasteiger partial charge in [0.05, 0.1) is 26.3 Å². The second kappa shape index (κ2) is 8.02. The molecule has 7 nitrogen and oxygen atoms in total. The van der Waals surface area contributed by atoms with Crippen molar-refractivity contribution in [2.45, 2.75) is 6.54 Å². The summed E-state index contributed by atoms with van der Waals surface area (Å²) in [6.45, 7) is 0.226. The van der Waals surface area contributed by atoms with Crippen molar-refractivity contribution in [1.82, 2.24) is 15.5 Å². The number of methoxy groups -OCH3 is 2. The molecule has 2 aromatic carbocycles. The van der Waals surface area contributed by atoms with Gasteiger partial charge in [0.15, 0.2) is 17.3 Å². The molecule has 0 saturated carbocycles. The van der Waals surface area contributed by atoms with Gasteiger partial charge in [-0.2, -0.15) is 0 Å². The maximum Gasteiger partial charge on any atom is 0.270 e. The van der Waals surface area contributed by atoms with Gasteiger partial charge in [0, 0.05) is 17.0 Å². The van der Waals surface area contributed by atoms with Crippen LogP contribution in [0.3, 0.4) is 0 Å². The second-order valence-electron chi connectivity index (χ2n) is 6.32. The van der Waals surface area contributed by atoms with Crippen LogP contribution in [0.1, 0.15) is 16.2 Å². The fraction of sp³-hybridized carbons (Fsp3) is 0.136. The lowest BCUT2D eigenvalue weighted by molar-refractivity contribution is 0.0945. The summed E-state index contributed by atoms with van der Waals surface area (Å²) in [6.07, 6.45) is 0. The average Bonchev–Trinajstić information content (AvgIpc) is 3.25. The van der Waals surface area contributed by atoms with Crippen LogP contribution >= 0.6 is 0 Å². The van der Waals surface area contributed by atoms with E-state index < -0.39 is 0 Å². The van der Waals surface area contributed by atoms with E-state index in [1.54, 1.807) is 38.5 Å². The quantitative estimate of drug-likeness (QED) is 0.539. The Kier molecular flexibility index (Phi) is 5.11. The highest BCUT2D eigenvalue weighted by Gasteiger charge is 2.13. The van der Waals surface area contributed by atoms with E-state index in [4.69, 9.17) is 14.0 Å². The molecule has 0 aliphatic carbocycles. The molecule has 0 bridgehead atoms. The molecule has 0 spiro atoms. The molecule has 0 fully saturated rings. The molecule has 146 valence electrons. The molecular formula is C22H19N3O4. The Morgan fingerprint density at radius 2 is 1.83 bits per heavy atom. The van der Waals surface area contributed by atoms with E-state index in [0.29, 0.717) is 28.6 Å². The molecule has 1 amide bonds. The van der Waals surface area contributed by atoms with Crippen LogP contribution in [0.15, 0.2) is 65.2 Å². The second-order valence-corrected chi connectivity index (χ2v) is 6.32. The van der Waals surface area contributed by atoms with Crippen molar-refractivity contribution in [3.63, 3.8) is 0 Å². The predicted octanol–water partition coefficient (Wildman–Crippen LogP) is 3.84. The van der Waals surface area contributed by atoms with Crippen molar-refractivity contribution in [3.8, 4) is 22.8 Å². The Bertz CT molecular complexity index is 1170. The van der Waals surface area contributed by atoms with E-state index in [1.807, 2.05) is 36.4 Å². The highest BCUT2D eigenvalue weighted by Crippen LogP contribution is 2.32. The van der Waals surface area contributed by atoms with Gasteiger partial charge in [0.2, 0.25) is 0 Å². The molecule has 0 aliphatic heterocycles. The number of carbonyl (C=O) groups is 1. The number of pyridine rings is 1. The summed E-state index contributed by atoms with van der Waals surface area (Å²) in [7, 11) is 3.15. The Hall–Kier alpha value is -3.87. The zero-order chi connectivity index (χ0) is 20.2. The Balaban J connectivity index is 1.45. The maximum atomic E-state index is 12.4. The number of aromatic nitrogens is 2. The number of benzene rings is 2. The normalized spacial score (nSPS) is 10.7. The predicted molar refractivity (Wildman–Crippen MR) is 108 cm³/mol. The van der Waals surface area contributed by atoms with Crippen molar-refractivity contribution in [2.24, 2.45) is 0 Å². The van der Waals surface area contributed by atoms with Gasteiger partial charge in [-0.05, 0) is 30.3 Å².